The summed E-state index contributed by atoms with van der Waals surface area (Å²) in [4.78, 5) is 19.6. The maximum absolute atomic E-state index is 14.2. The van der Waals surface area contributed by atoms with Gasteiger partial charge in [0.1, 0.15) is 17.4 Å². The van der Waals surface area contributed by atoms with Gasteiger partial charge in [-0.05, 0) is 78.4 Å². The monoisotopic (exact) mass is 720 g/mol. The number of aliphatic hydroxyl groups excluding tert-OH is 1. The number of benzene rings is 4. The number of anilines is 1. The van der Waals surface area contributed by atoms with Crippen LogP contribution in [0.25, 0.3) is 5.70 Å². The third-order valence-electron chi connectivity index (χ3n) is 8.42. The lowest BCUT2D eigenvalue weighted by atomic mass is 9.99. The molecule has 0 unspecified atom stereocenters. The Labute approximate surface area is 297 Å². The Morgan fingerprint density at radius 3 is 2.37 bits per heavy atom. The molecule has 4 aromatic carbocycles. The summed E-state index contributed by atoms with van der Waals surface area (Å²) in [6.07, 6.45) is -0.124. The summed E-state index contributed by atoms with van der Waals surface area (Å²) < 4.78 is 61.0. The van der Waals surface area contributed by atoms with Gasteiger partial charge in [-0.15, -0.1) is 0 Å². The van der Waals surface area contributed by atoms with E-state index in [0.29, 0.717) is 30.7 Å². The van der Waals surface area contributed by atoms with Crippen molar-refractivity contribution < 1.29 is 36.7 Å². The minimum atomic E-state index is -3.64. The van der Waals surface area contributed by atoms with Crippen molar-refractivity contribution in [3.05, 3.63) is 137 Å². The third kappa shape index (κ3) is 10.6. The van der Waals surface area contributed by atoms with Crippen LogP contribution >= 0.6 is 0 Å². The second kappa shape index (κ2) is 17.4. The Morgan fingerprint density at radius 2 is 1.65 bits per heavy atom. The van der Waals surface area contributed by atoms with Gasteiger partial charge in [-0.1, -0.05) is 49.0 Å². The van der Waals surface area contributed by atoms with E-state index in [1.807, 2.05) is 54.6 Å². The molecule has 0 radical (unpaired) electrons. The van der Waals surface area contributed by atoms with E-state index in [1.165, 1.54) is 16.4 Å². The van der Waals surface area contributed by atoms with Crippen LogP contribution in [-0.2, 0) is 34.4 Å². The molecule has 2 atom stereocenters. The molecule has 270 valence electrons. The molecule has 1 amide bonds. The average molecular weight is 721 g/mol. The lowest BCUT2D eigenvalue weighted by Gasteiger charge is -2.29. The van der Waals surface area contributed by atoms with Crippen molar-refractivity contribution in [2.75, 3.05) is 30.3 Å². The summed E-state index contributed by atoms with van der Waals surface area (Å²) in [5.41, 5.74) is 5.86. The maximum Gasteiger partial charge on any atom is 0.251 e. The summed E-state index contributed by atoms with van der Waals surface area (Å²) in [5, 5.41) is 17.3. The first-order valence-corrected chi connectivity index (χ1v) is 18.2. The van der Waals surface area contributed by atoms with Crippen LogP contribution in [0.4, 0.5) is 14.5 Å². The van der Waals surface area contributed by atoms with E-state index in [4.69, 9.17) is 9.57 Å². The molecule has 0 bridgehead atoms. The van der Waals surface area contributed by atoms with Crippen LogP contribution in [0.5, 0.6) is 5.75 Å². The molecule has 0 aromatic heterocycles. The molecule has 0 saturated carbocycles. The number of amides is 1. The minimum absolute atomic E-state index is 0.0245. The molecular formula is C38H42F2N4O6S. The molecule has 0 spiro atoms. The number of rotatable bonds is 16. The minimum Gasteiger partial charge on any atom is -0.497 e. The number of nitrogens with one attached hydrogen (secondary N) is 3. The molecule has 1 heterocycles. The van der Waals surface area contributed by atoms with Gasteiger partial charge >= 0.3 is 0 Å². The van der Waals surface area contributed by atoms with Crippen molar-refractivity contribution in [2.24, 2.45) is 0 Å². The summed E-state index contributed by atoms with van der Waals surface area (Å²) in [5.74, 6) is -1.58. The summed E-state index contributed by atoms with van der Waals surface area (Å²) in [6, 6.07) is 23.5. The van der Waals surface area contributed by atoms with E-state index >= 15 is 0 Å². The first-order chi connectivity index (χ1) is 24.5. The van der Waals surface area contributed by atoms with Gasteiger partial charge in [0.25, 0.3) is 5.91 Å². The van der Waals surface area contributed by atoms with E-state index in [2.05, 4.69) is 22.7 Å². The maximum atomic E-state index is 14.2. The molecule has 4 aromatic rings. The van der Waals surface area contributed by atoms with Crippen LogP contribution in [0, 0.1) is 11.6 Å². The fraction of sp³-hybridized carbons (Fsp3) is 0.289. The summed E-state index contributed by atoms with van der Waals surface area (Å²) >= 11 is 0. The zero-order valence-corrected chi connectivity index (χ0v) is 29.1. The van der Waals surface area contributed by atoms with Crippen LogP contribution in [0.1, 0.15) is 45.5 Å². The fourth-order valence-corrected chi connectivity index (χ4v) is 7.41. The Kier molecular flexibility index (Phi) is 12.8. The molecule has 5 rings (SSSR count). The number of carbonyl (C=O) groups excluding carboxylic acids is 1. The molecule has 10 nitrogen and oxygen atoms in total. The Hall–Kier alpha value is -4.82. The van der Waals surface area contributed by atoms with E-state index < -0.39 is 39.7 Å². The normalized spacial score (nSPS) is 15.1. The predicted octanol–water partition coefficient (Wildman–Crippen LogP) is 5.09. The Balaban J connectivity index is 1.39. The first kappa shape index (κ1) is 37.4. The Morgan fingerprint density at radius 1 is 0.922 bits per heavy atom. The van der Waals surface area contributed by atoms with Crippen LogP contribution in [-0.4, -0.2) is 57.5 Å². The highest BCUT2D eigenvalue weighted by Gasteiger charge is 2.28. The standard InChI is InChI=1S/C38H42F2N4O6S/c1-26(43-50-25-27-9-4-3-5-10-27)30-19-31(21-34(20-30)44-13-6-7-14-51(44,47)48)38(46)42-36(18-29-15-32(39)22-33(40)16-29)37(45)24-41-23-28-11-8-12-35(17-28)49-2/h3-5,8-12,15-17,19-22,36-37,41,43,45H,1,6-7,13-14,18,23-25H2,2H3,(H,42,46)/t36-,37+/m0/s1. The number of ether oxygens (including phenoxy) is 1. The van der Waals surface area contributed by atoms with Crippen molar-refractivity contribution in [2.45, 2.75) is 44.6 Å². The van der Waals surface area contributed by atoms with Gasteiger partial charge < -0.3 is 20.5 Å². The summed E-state index contributed by atoms with van der Waals surface area (Å²) in [7, 11) is -2.08. The van der Waals surface area contributed by atoms with E-state index in [1.54, 1.807) is 13.2 Å². The van der Waals surface area contributed by atoms with Crippen molar-refractivity contribution >= 4 is 27.3 Å². The number of methoxy groups -OCH3 is 1. The third-order valence-corrected chi connectivity index (χ3v) is 10.3. The van der Waals surface area contributed by atoms with Crippen LogP contribution in [0.2, 0.25) is 0 Å². The van der Waals surface area contributed by atoms with Crippen molar-refractivity contribution in [3.63, 3.8) is 0 Å². The number of hydroxylamine groups is 1. The van der Waals surface area contributed by atoms with E-state index in [9.17, 15) is 27.1 Å². The molecule has 1 saturated heterocycles. The topological polar surface area (TPSA) is 129 Å². The molecule has 1 aliphatic heterocycles. The highest BCUT2D eigenvalue weighted by atomic mass is 32.2. The van der Waals surface area contributed by atoms with Crippen molar-refractivity contribution in [1.82, 2.24) is 16.1 Å². The molecule has 1 fully saturated rings. The molecule has 4 N–H and O–H groups in total. The van der Waals surface area contributed by atoms with Gasteiger partial charge in [-0.25, -0.2) is 17.2 Å². The first-order valence-electron chi connectivity index (χ1n) is 16.5. The SMILES string of the molecule is C=C(NOCc1ccccc1)c1cc(C(=O)N[C@@H](Cc2cc(F)cc(F)c2)[C@H](O)CNCc2cccc(OC)c2)cc(N2CCCCS2(=O)=O)c1. The second-order valence-electron chi connectivity index (χ2n) is 12.3. The van der Waals surface area contributed by atoms with Gasteiger partial charge in [0.15, 0.2) is 0 Å². The van der Waals surface area contributed by atoms with Crippen LogP contribution < -0.4 is 25.2 Å². The zero-order chi connectivity index (χ0) is 36.4. The number of aliphatic hydroxyl groups is 1. The van der Waals surface area contributed by atoms with Gasteiger partial charge in [0, 0.05) is 36.8 Å². The smallest absolute Gasteiger partial charge is 0.251 e. The van der Waals surface area contributed by atoms with Crippen molar-refractivity contribution in [3.8, 4) is 5.75 Å². The molecule has 51 heavy (non-hydrogen) atoms. The number of carbonyl (C=O) groups is 1. The van der Waals surface area contributed by atoms with Crippen LogP contribution in [0.3, 0.4) is 0 Å². The van der Waals surface area contributed by atoms with Gasteiger partial charge in [-0.2, -0.15) is 0 Å². The highest BCUT2D eigenvalue weighted by Crippen LogP contribution is 2.28. The molecular weight excluding hydrogens is 679 g/mol. The predicted molar refractivity (Wildman–Crippen MR) is 192 cm³/mol. The fourth-order valence-electron chi connectivity index (χ4n) is 5.79. The highest BCUT2D eigenvalue weighted by molar-refractivity contribution is 7.92. The lowest BCUT2D eigenvalue weighted by molar-refractivity contribution is 0.0648. The Bertz CT molecular complexity index is 1910. The van der Waals surface area contributed by atoms with E-state index in [-0.39, 0.29) is 54.4 Å². The largest absolute Gasteiger partial charge is 0.497 e. The van der Waals surface area contributed by atoms with Gasteiger partial charge in [0.05, 0.1) is 43.0 Å². The van der Waals surface area contributed by atoms with Gasteiger partial charge in [0.2, 0.25) is 10.0 Å². The number of halogens is 2. The van der Waals surface area contributed by atoms with E-state index in [0.717, 1.165) is 29.3 Å². The average Bonchev–Trinajstić information content (AvgIpc) is 3.11. The quantitative estimate of drug-likeness (QED) is 0.118. The molecule has 13 heteroatoms. The number of hydrogen-bond donors (Lipinski definition) is 4. The number of hydrogen-bond acceptors (Lipinski definition) is 8. The molecule has 0 aliphatic carbocycles. The number of sulfonamides is 1. The van der Waals surface area contributed by atoms with Crippen LogP contribution in [0.15, 0.2) is 97.6 Å². The number of nitrogens with zero attached hydrogens (tertiary/aromatic N) is 1. The van der Waals surface area contributed by atoms with Crippen molar-refractivity contribution in [1.29, 1.82) is 0 Å². The lowest BCUT2D eigenvalue weighted by Crippen LogP contribution is -2.48. The zero-order valence-electron chi connectivity index (χ0n) is 28.3. The molecule has 1 aliphatic rings. The summed E-state index contributed by atoms with van der Waals surface area (Å²) in [6.45, 7) is 4.91. The second-order valence-corrected chi connectivity index (χ2v) is 14.3. The van der Waals surface area contributed by atoms with Gasteiger partial charge in [-0.3, -0.25) is 19.4 Å².